The van der Waals surface area contributed by atoms with Crippen molar-refractivity contribution in [1.29, 1.82) is 0 Å². The Hall–Kier alpha value is -4.41. The van der Waals surface area contributed by atoms with Crippen molar-refractivity contribution in [3.05, 3.63) is 60.7 Å². The number of nitrogens with zero attached hydrogens (tertiary/aromatic N) is 4. The van der Waals surface area contributed by atoms with Crippen molar-refractivity contribution in [3.8, 4) is 11.4 Å². The predicted octanol–water partition coefficient (Wildman–Crippen LogP) is 3.39. The van der Waals surface area contributed by atoms with Gasteiger partial charge >= 0.3 is 18.0 Å². The molecule has 2 amide bonds. The lowest BCUT2D eigenvalue weighted by Crippen LogP contribution is -2.45. The van der Waals surface area contributed by atoms with Crippen molar-refractivity contribution in [2.75, 3.05) is 32.8 Å². The number of ether oxygens (including phenoxy) is 2. The van der Waals surface area contributed by atoms with Gasteiger partial charge in [-0.2, -0.15) is 0 Å². The number of rotatable bonds is 14. The van der Waals surface area contributed by atoms with Gasteiger partial charge in [-0.3, -0.25) is 4.79 Å². The number of urea groups is 1. The number of amides is 2. The molecule has 0 saturated heterocycles. The Morgan fingerprint density at radius 1 is 1.13 bits per heavy atom. The first-order chi connectivity index (χ1) is 18.8. The van der Waals surface area contributed by atoms with E-state index in [1.807, 2.05) is 31.2 Å². The number of benzene rings is 2. The molecule has 0 aliphatic rings. The summed E-state index contributed by atoms with van der Waals surface area (Å²) in [6.07, 6.45) is 3.15. The molecular weight excluding hydrogens is 502 g/mol. The Morgan fingerprint density at radius 3 is 2.51 bits per heavy atom. The van der Waals surface area contributed by atoms with Crippen LogP contribution < -0.4 is 5.32 Å². The number of phenolic OH excluding ortho intramolecular Hbond substituents is 1. The van der Waals surface area contributed by atoms with Crippen LogP contribution >= 0.6 is 0 Å². The van der Waals surface area contributed by atoms with Crippen LogP contribution in [0.15, 0.2) is 55.1 Å². The number of fused-ring (bicyclic) bond motifs is 1. The van der Waals surface area contributed by atoms with Gasteiger partial charge in [-0.1, -0.05) is 45.0 Å². The number of esters is 2. The van der Waals surface area contributed by atoms with Crippen LogP contribution in [0.1, 0.15) is 32.3 Å². The molecule has 3 rings (SSSR count). The maximum Gasteiger partial charge on any atom is 0.330 e. The first-order valence-corrected chi connectivity index (χ1v) is 12.9. The minimum Gasteiger partial charge on any atom is -0.506 e. The fourth-order valence-corrected chi connectivity index (χ4v) is 3.77. The molecule has 0 bridgehead atoms. The van der Waals surface area contributed by atoms with Gasteiger partial charge < -0.3 is 24.8 Å². The van der Waals surface area contributed by atoms with Crippen LogP contribution in [0.25, 0.3) is 16.7 Å². The van der Waals surface area contributed by atoms with Crippen molar-refractivity contribution in [2.45, 2.75) is 33.1 Å². The normalized spacial score (nSPS) is 11.5. The van der Waals surface area contributed by atoms with Gasteiger partial charge in [-0.15, -0.1) is 15.0 Å². The van der Waals surface area contributed by atoms with Crippen LogP contribution in [-0.4, -0.2) is 75.8 Å². The van der Waals surface area contributed by atoms with Crippen LogP contribution in [0.2, 0.25) is 0 Å². The third kappa shape index (κ3) is 8.56. The standard InChI is InChI=1S/C28H35N5O6/c1-4-6-15-32(28(37)29-14-17-38-26(35)5-2)19-20(3)27(36)39-16-13-21-11-12-25(34)24(18-21)33-30-22-9-7-8-10-23(22)31-33/h5,7-12,18,20,34H,2,4,6,13-17,19H2,1,3H3,(H,29,37). The maximum absolute atomic E-state index is 12.7. The van der Waals surface area contributed by atoms with Gasteiger partial charge in [0.2, 0.25) is 0 Å². The number of carbonyl (C=O) groups is 3. The largest absolute Gasteiger partial charge is 0.506 e. The fourth-order valence-electron chi connectivity index (χ4n) is 3.77. The highest BCUT2D eigenvalue weighted by Crippen LogP contribution is 2.23. The molecule has 0 spiro atoms. The minimum absolute atomic E-state index is 0.0294. The van der Waals surface area contributed by atoms with Gasteiger partial charge in [-0.05, 0) is 36.2 Å². The second kappa shape index (κ2) is 14.5. The highest BCUT2D eigenvalue weighted by Gasteiger charge is 2.22. The Bertz CT molecular complexity index is 1260. The molecule has 0 saturated carbocycles. The van der Waals surface area contributed by atoms with Gasteiger partial charge in [0, 0.05) is 25.6 Å². The van der Waals surface area contributed by atoms with Gasteiger partial charge in [0.25, 0.3) is 0 Å². The molecule has 39 heavy (non-hydrogen) atoms. The van der Waals surface area contributed by atoms with Gasteiger partial charge in [0.05, 0.1) is 19.1 Å². The first kappa shape index (κ1) is 29.2. The predicted molar refractivity (Wildman–Crippen MR) is 145 cm³/mol. The first-order valence-electron chi connectivity index (χ1n) is 12.9. The fraction of sp³-hybridized carbons (Fsp3) is 0.393. The van der Waals surface area contributed by atoms with E-state index in [0.29, 0.717) is 29.7 Å². The molecule has 2 aromatic carbocycles. The van der Waals surface area contributed by atoms with Crippen molar-refractivity contribution in [2.24, 2.45) is 5.92 Å². The summed E-state index contributed by atoms with van der Waals surface area (Å²) in [7, 11) is 0. The van der Waals surface area contributed by atoms with Crippen molar-refractivity contribution < 1.29 is 29.0 Å². The lowest BCUT2D eigenvalue weighted by Gasteiger charge is -2.25. The lowest BCUT2D eigenvalue weighted by molar-refractivity contribution is -0.148. The molecule has 1 atom stereocenters. The lowest BCUT2D eigenvalue weighted by atomic mass is 10.1. The third-order valence-electron chi connectivity index (χ3n) is 5.93. The SMILES string of the molecule is C=CC(=O)OCCNC(=O)N(CCCC)CC(C)C(=O)OCCc1ccc(O)c(-n2nc3ccccc3n2)c1. The Labute approximate surface area is 227 Å². The zero-order chi connectivity index (χ0) is 28.2. The zero-order valence-corrected chi connectivity index (χ0v) is 22.3. The number of carbonyl (C=O) groups excluding carboxylic acids is 3. The Morgan fingerprint density at radius 2 is 1.85 bits per heavy atom. The molecule has 11 heteroatoms. The van der Waals surface area contributed by atoms with E-state index in [9.17, 15) is 19.5 Å². The van der Waals surface area contributed by atoms with Crippen LogP contribution in [-0.2, 0) is 25.5 Å². The molecule has 0 fully saturated rings. The third-order valence-corrected chi connectivity index (χ3v) is 5.93. The molecule has 11 nitrogen and oxygen atoms in total. The zero-order valence-electron chi connectivity index (χ0n) is 22.3. The molecule has 208 valence electrons. The number of hydrogen-bond donors (Lipinski definition) is 2. The summed E-state index contributed by atoms with van der Waals surface area (Å²) in [5, 5.41) is 21.9. The highest BCUT2D eigenvalue weighted by molar-refractivity contribution is 5.81. The number of hydrogen-bond acceptors (Lipinski definition) is 8. The van der Waals surface area contributed by atoms with Crippen LogP contribution in [0.5, 0.6) is 5.75 Å². The molecule has 0 aliphatic carbocycles. The summed E-state index contributed by atoms with van der Waals surface area (Å²) < 4.78 is 10.4. The molecule has 0 radical (unpaired) electrons. The summed E-state index contributed by atoms with van der Waals surface area (Å²) in [6, 6.07) is 12.2. The van der Waals surface area contributed by atoms with E-state index < -0.39 is 17.9 Å². The summed E-state index contributed by atoms with van der Waals surface area (Å²) in [5.41, 5.74) is 2.69. The summed E-state index contributed by atoms with van der Waals surface area (Å²) in [4.78, 5) is 39.4. The molecular formula is C28H35N5O6. The number of aromatic hydroxyl groups is 1. The van der Waals surface area contributed by atoms with E-state index in [-0.39, 0.29) is 38.1 Å². The Kier molecular flexibility index (Phi) is 10.8. The molecule has 0 aliphatic heterocycles. The van der Waals surface area contributed by atoms with Crippen molar-refractivity contribution in [3.63, 3.8) is 0 Å². The number of unbranched alkanes of at least 4 members (excludes halogenated alkanes) is 1. The van der Waals surface area contributed by atoms with Crippen molar-refractivity contribution >= 4 is 29.0 Å². The highest BCUT2D eigenvalue weighted by atomic mass is 16.5. The second-order valence-electron chi connectivity index (χ2n) is 9.02. The summed E-state index contributed by atoms with van der Waals surface area (Å²) >= 11 is 0. The smallest absolute Gasteiger partial charge is 0.330 e. The Balaban J connectivity index is 1.51. The van der Waals surface area contributed by atoms with E-state index in [2.05, 4.69) is 22.1 Å². The molecule has 1 aromatic heterocycles. The van der Waals surface area contributed by atoms with E-state index in [4.69, 9.17) is 9.47 Å². The minimum atomic E-state index is -0.557. The van der Waals surface area contributed by atoms with E-state index in [0.717, 1.165) is 24.5 Å². The molecule has 1 unspecified atom stereocenters. The van der Waals surface area contributed by atoms with Gasteiger partial charge in [0.15, 0.2) is 0 Å². The van der Waals surface area contributed by atoms with E-state index in [1.165, 1.54) is 4.80 Å². The van der Waals surface area contributed by atoms with Gasteiger partial charge in [-0.25, -0.2) is 9.59 Å². The summed E-state index contributed by atoms with van der Waals surface area (Å²) in [6.45, 7) is 8.05. The van der Waals surface area contributed by atoms with Crippen molar-refractivity contribution in [1.82, 2.24) is 25.2 Å². The van der Waals surface area contributed by atoms with E-state index >= 15 is 0 Å². The molecule has 2 N–H and O–H groups in total. The molecule has 3 aromatic rings. The van der Waals surface area contributed by atoms with Crippen LogP contribution in [0.3, 0.4) is 0 Å². The van der Waals surface area contributed by atoms with Gasteiger partial charge in [0.1, 0.15) is 29.1 Å². The average Bonchev–Trinajstić information content (AvgIpc) is 3.37. The monoisotopic (exact) mass is 537 g/mol. The quantitative estimate of drug-likeness (QED) is 0.181. The van der Waals surface area contributed by atoms with Crippen LogP contribution in [0.4, 0.5) is 4.79 Å². The molecule has 1 heterocycles. The maximum atomic E-state index is 12.7. The number of phenols is 1. The second-order valence-corrected chi connectivity index (χ2v) is 9.02. The summed E-state index contributed by atoms with van der Waals surface area (Å²) in [5.74, 6) is -1.47. The number of aromatic nitrogens is 3. The van der Waals surface area contributed by atoms with Crippen LogP contribution in [0, 0.1) is 5.92 Å². The topological polar surface area (TPSA) is 136 Å². The van der Waals surface area contributed by atoms with E-state index in [1.54, 1.807) is 30.0 Å². The number of nitrogens with one attached hydrogen (secondary N) is 1. The average molecular weight is 538 g/mol.